The van der Waals surface area contributed by atoms with E-state index in [2.05, 4.69) is 46.1 Å². The fourth-order valence-electron chi connectivity index (χ4n) is 3.07. The van der Waals surface area contributed by atoms with Crippen LogP contribution in [-0.4, -0.2) is 35.7 Å². The number of hydrogen-bond donors (Lipinski definition) is 4. The quantitative estimate of drug-likeness (QED) is 0.334. The van der Waals surface area contributed by atoms with Gasteiger partial charge in [0.1, 0.15) is 11.5 Å². The molecule has 1 fully saturated rings. The number of nitrogens with zero attached hydrogens (tertiary/aromatic N) is 5. The zero-order valence-corrected chi connectivity index (χ0v) is 17.5. The van der Waals surface area contributed by atoms with Gasteiger partial charge >= 0.3 is 5.69 Å². The number of aromatic hydroxyl groups is 1. The lowest BCUT2D eigenvalue weighted by atomic mass is 10.3. The minimum atomic E-state index is -0.507. The highest BCUT2D eigenvalue weighted by Crippen LogP contribution is 2.29. The fraction of sp³-hybridized carbons (Fsp3) is 0.150. The van der Waals surface area contributed by atoms with Crippen LogP contribution in [0.5, 0.6) is 5.88 Å². The summed E-state index contributed by atoms with van der Waals surface area (Å²) in [6.07, 6.45) is 5.26. The van der Waals surface area contributed by atoms with Gasteiger partial charge in [0, 0.05) is 15.8 Å². The lowest BCUT2D eigenvalue weighted by Crippen LogP contribution is -2.19. The maximum Gasteiger partial charge on any atom is 0.326 e. The Hall–Kier alpha value is -3.91. The summed E-state index contributed by atoms with van der Waals surface area (Å²) in [5.41, 5.74) is 2.17. The number of aromatic nitrogens is 5. The molecule has 3 heterocycles. The van der Waals surface area contributed by atoms with Crippen LogP contribution >= 0.6 is 15.9 Å². The normalized spacial score (nSPS) is 14.8. The molecule has 10 nitrogen and oxygen atoms in total. The highest BCUT2D eigenvalue weighted by molar-refractivity contribution is 9.10. The van der Waals surface area contributed by atoms with Crippen LogP contribution in [0.25, 0.3) is 16.6 Å². The van der Waals surface area contributed by atoms with Crippen molar-refractivity contribution in [2.45, 2.75) is 18.9 Å². The molecule has 0 aliphatic heterocycles. The standard InChI is InChI=1S/C20H15BrN8O2/c1-22-12-4-5-14(13(21)7-12)25-16-8-17(24-11-2-3-11)29-18(27-16)10(9-23-29)6-15-19(30)28-20(31)26-15/h4-9,11,25,30H,2-3H2,(H2,26,28,31)/b10-6-,24-17?. The SMILES string of the molecule is [C-]#[N+]c1ccc(Nc2cc(=NC3CC3)n3nc/c(=C/c4[nH]c(=O)[nH]c4O)c3n2)c(Br)c1. The lowest BCUT2D eigenvalue weighted by molar-refractivity contribution is 0.454. The fourth-order valence-corrected chi connectivity index (χ4v) is 3.54. The first-order chi connectivity index (χ1) is 15.0. The molecule has 1 saturated carbocycles. The highest BCUT2D eigenvalue weighted by Gasteiger charge is 2.20. The summed E-state index contributed by atoms with van der Waals surface area (Å²) in [4.78, 5) is 29.1. The second-order valence-electron chi connectivity index (χ2n) is 7.08. The summed E-state index contributed by atoms with van der Waals surface area (Å²) in [7, 11) is 0. The first-order valence-electron chi connectivity index (χ1n) is 9.40. The molecule has 11 heteroatoms. The van der Waals surface area contributed by atoms with Gasteiger partial charge in [-0.1, -0.05) is 6.07 Å². The number of rotatable bonds is 4. The number of imidazole rings is 1. The zero-order valence-electron chi connectivity index (χ0n) is 15.9. The van der Waals surface area contributed by atoms with E-state index >= 15 is 0 Å². The van der Waals surface area contributed by atoms with Crippen molar-refractivity contribution in [3.05, 3.63) is 73.2 Å². The third kappa shape index (κ3) is 3.80. The molecule has 4 aromatic rings. The summed E-state index contributed by atoms with van der Waals surface area (Å²) in [6.45, 7) is 7.14. The van der Waals surface area contributed by atoms with E-state index in [9.17, 15) is 9.90 Å². The molecular formula is C20H15BrN8O2. The van der Waals surface area contributed by atoms with Crippen LogP contribution in [0.3, 0.4) is 0 Å². The van der Waals surface area contributed by atoms with Crippen molar-refractivity contribution < 1.29 is 5.11 Å². The smallest absolute Gasteiger partial charge is 0.326 e. The van der Waals surface area contributed by atoms with Gasteiger partial charge in [-0.15, -0.1) is 0 Å². The molecule has 154 valence electrons. The van der Waals surface area contributed by atoms with E-state index < -0.39 is 5.69 Å². The molecule has 1 aliphatic carbocycles. The van der Waals surface area contributed by atoms with Crippen molar-refractivity contribution in [2.75, 3.05) is 5.32 Å². The van der Waals surface area contributed by atoms with Crippen LogP contribution in [0.2, 0.25) is 0 Å². The van der Waals surface area contributed by atoms with Crippen LogP contribution in [-0.2, 0) is 0 Å². The van der Waals surface area contributed by atoms with Crippen molar-refractivity contribution in [3.63, 3.8) is 0 Å². The predicted molar refractivity (Wildman–Crippen MR) is 117 cm³/mol. The van der Waals surface area contributed by atoms with Gasteiger partial charge in [0.15, 0.2) is 16.8 Å². The van der Waals surface area contributed by atoms with Gasteiger partial charge in [-0.3, -0.25) is 9.98 Å². The Kier molecular flexibility index (Phi) is 4.56. The molecule has 0 atom stereocenters. The number of aromatic amines is 2. The molecule has 0 radical (unpaired) electrons. The third-order valence-electron chi connectivity index (χ3n) is 4.72. The van der Waals surface area contributed by atoms with Gasteiger partial charge in [-0.25, -0.2) is 14.6 Å². The summed E-state index contributed by atoms with van der Waals surface area (Å²) in [6, 6.07) is 7.33. The van der Waals surface area contributed by atoms with Crippen molar-refractivity contribution in [3.8, 4) is 5.88 Å². The first kappa shape index (κ1) is 19.1. The minimum Gasteiger partial charge on any atom is -0.493 e. The van der Waals surface area contributed by atoms with E-state index in [0.717, 1.165) is 23.0 Å². The Balaban J connectivity index is 1.66. The van der Waals surface area contributed by atoms with Gasteiger partial charge in [-0.05, 0) is 47.0 Å². The van der Waals surface area contributed by atoms with Gasteiger partial charge < -0.3 is 15.4 Å². The average molecular weight is 479 g/mol. The topological polar surface area (TPSA) is 128 Å². The van der Waals surface area contributed by atoms with E-state index in [-0.39, 0.29) is 17.6 Å². The molecule has 0 saturated heterocycles. The number of fused-ring (bicyclic) bond motifs is 1. The van der Waals surface area contributed by atoms with E-state index in [0.29, 0.717) is 27.9 Å². The molecule has 0 spiro atoms. The molecule has 3 aromatic heterocycles. The number of benzene rings is 1. The molecule has 1 aromatic carbocycles. The summed E-state index contributed by atoms with van der Waals surface area (Å²) in [5, 5.41) is 18.1. The number of anilines is 2. The molecule has 4 N–H and O–H groups in total. The minimum absolute atomic E-state index is 0.234. The Bertz CT molecular complexity index is 1540. The van der Waals surface area contributed by atoms with Crippen LogP contribution in [0, 0.1) is 6.57 Å². The van der Waals surface area contributed by atoms with Crippen LogP contribution in [0.15, 0.2) is 44.7 Å². The Labute approximate surface area is 183 Å². The molecular weight excluding hydrogens is 464 g/mol. The highest BCUT2D eigenvalue weighted by atomic mass is 79.9. The molecule has 0 amide bonds. The Morgan fingerprint density at radius 3 is 2.87 bits per heavy atom. The molecule has 1 aliphatic rings. The molecule has 0 unspecified atom stereocenters. The van der Waals surface area contributed by atoms with Crippen LogP contribution in [0.4, 0.5) is 17.2 Å². The van der Waals surface area contributed by atoms with E-state index in [1.807, 2.05) is 6.07 Å². The van der Waals surface area contributed by atoms with Gasteiger partial charge in [0.05, 0.1) is 24.5 Å². The summed E-state index contributed by atoms with van der Waals surface area (Å²) in [5.74, 6) is 0.287. The van der Waals surface area contributed by atoms with Crippen LogP contribution < -0.4 is 21.7 Å². The second kappa shape index (κ2) is 7.41. The van der Waals surface area contributed by atoms with Crippen LogP contribution in [0.1, 0.15) is 18.5 Å². The Morgan fingerprint density at radius 2 is 2.19 bits per heavy atom. The zero-order chi connectivity index (χ0) is 21.5. The first-order valence-corrected chi connectivity index (χ1v) is 10.2. The summed E-state index contributed by atoms with van der Waals surface area (Å²) < 4.78 is 2.37. The van der Waals surface area contributed by atoms with Crippen molar-refractivity contribution in [1.82, 2.24) is 24.6 Å². The maximum atomic E-state index is 11.4. The monoisotopic (exact) mass is 478 g/mol. The molecule has 5 rings (SSSR count). The van der Waals surface area contributed by atoms with E-state index in [1.165, 1.54) is 0 Å². The van der Waals surface area contributed by atoms with E-state index in [1.54, 1.807) is 35.0 Å². The Morgan fingerprint density at radius 1 is 1.35 bits per heavy atom. The summed E-state index contributed by atoms with van der Waals surface area (Å²) >= 11 is 3.48. The van der Waals surface area contributed by atoms with Gasteiger partial charge in [0.25, 0.3) is 0 Å². The van der Waals surface area contributed by atoms with E-state index in [4.69, 9.17) is 11.6 Å². The number of hydrogen-bond acceptors (Lipinski definition) is 6. The number of halogens is 1. The van der Waals surface area contributed by atoms with Crippen molar-refractivity contribution in [2.24, 2.45) is 4.99 Å². The molecule has 0 bridgehead atoms. The number of H-pyrrole nitrogens is 2. The average Bonchev–Trinajstić information content (AvgIpc) is 3.38. The number of nitrogens with one attached hydrogen (secondary N) is 3. The van der Waals surface area contributed by atoms with Gasteiger partial charge in [0.2, 0.25) is 5.88 Å². The second-order valence-corrected chi connectivity index (χ2v) is 7.94. The van der Waals surface area contributed by atoms with Gasteiger partial charge in [-0.2, -0.15) is 9.61 Å². The van der Waals surface area contributed by atoms with Crippen molar-refractivity contribution in [1.29, 1.82) is 0 Å². The third-order valence-corrected chi connectivity index (χ3v) is 5.38. The predicted octanol–water partition coefficient (Wildman–Crippen LogP) is 2.12. The largest absolute Gasteiger partial charge is 0.493 e. The maximum absolute atomic E-state index is 11.4. The van der Waals surface area contributed by atoms with Crippen molar-refractivity contribution >= 4 is 44.8 Å². The lowest BCUT2D eigenvalue weighted by Gasteiger charge is -2.09. The molecule has 31 heavy (non-hydrogen) atoms.